The Kier molecular flexibility index (Phi) is 13.2. The molecule has 1 saturated carbocycles. The fraction of sp³-hybridized carbons (Fsp3) is 0.475. The summed E-state index contributed by atoms with van der Waals surface area (Å²) in [5, 5.41) is 20.2. The lowest BCUT2D eigenvalue weighted by Crippen LogP contribution is -2.36. The number of hydrogen-bond donors (Lipinski definition) is 2. The van der Waals surface area contributed by atoms with Gasteiger partial charge in [0.05, 0.1) is 12.2 Å². The molecule has 0 aromatic rings. The van der Waals surface area contributed by atoms with Gasteiger partial charge in [0, 0.05) is 5.41 Å². The number of allylic oxidation sites excluding steroid dienone is 19. The van der Waals surface area contributed by atoms with Crippen LogP contribution in [0.3, 0.4) is 0 Å². The van der Waals surface area contributed by atoms with Crippen molar-refractivity contribution in [3.63, 3.8) is 0 Å². The molecule has 234 valence electrons. The van der Waals surface area contributed by atoms with Crippen LogP contribution in [0.15, 0.2) is 119 Å². The molecular formula is C40H56O3. The molecule has 0 amide bonds. The molecular weight excluding hydrogens is 528 g/mol. The molecule has 3 nitrogen and oxygen atoms in total. The number of ketones is 1. The maximum absolute atomic E-state index is 12.9. The monoisotopic (exact) mass is 584 g/mol. The SMILES string of the molecule is CC1=C(/C=C/C(C)=C\C=C\C(C)=C\C=C\C=C(C)\C=C\C=C(C)\C=C\C(=O)[C@]2(C)C[C@@H](O)CC2(C)C)C(C)(C)C[C@H](O)C1. The molecule has 3 atom stereocenters. The Morgan fingerprint density at radius 3 is 1.63 bits per heavy atom. The average molecular weight is 585 g/mol. The Labute approximate surface area is 262 Å². The first-order chi connectivity index (χ1) is 20.0. The number of aliphatic hydroxyl groups excluding tert-OH is 2. The van der Waals surface area contributed by atoms with Crippen LogP contribution in [0.25, 0.3) is 0 Å². The molecule has 0 aromatic heterocycles. The van der Waals surface area contributed by atoms with Crippen molar-refractivity contribution in [2.75, 3.05) is 0 Å². The fourth-order valence-corrected chi connectivity index (χ4v) is 6.19. The second-order valence-electron chi connectivity index (χ2n) is 14.2. The largest absolute Gasteiger partial charge is 0.393 e. The van der Waals surface area contributed by atoms with Crippen LogP contribution in [0.4, 0.5) is 0 Å². The molecule has 2 aliphatic rings. The highest BCUT2D eigenvalue weighted by molar-refractivity contribution is 5.95. The van der Waals surface area contributed by atoms with E-state index in [-0.39, 0.29) is 22.7 Å². The Morgan fingerprint density at radius 1 is 0.651 bits per heavy atom. The molecule has 2 aliphatic carbocycles. The van der Waals surface area contributed by atoms with E-state index in [0.29, 0.717) is 12.8 Å². The minimum atomic E-state index is -0.532. The van der Waals surface area contributed by atoms with Crippen LogP contribution < -0.4 is 0 Å². The zero-order valence-electron chi connectivity index (χ0n) is 28.4. The Balaban J connectivity index is 1.89. The molecule has 0 heterocycles. The third-order valence-corrected chi connectivity index (χ3v) is 9.18. The van der Waals surface area contributed by atoms with Crippen LogP contribution in [0.1, 0.15) is 94.9 Å². The maximum atomic E-state index is 12.9. The number of hydrogen-bond acceptors (Lipinski definition) is 3. The van der Waals surface area contributed by atoms with Crippen molar-refractivity contribution in [1.29, 1.82) is 0 Å². The quantitative estimate of drug-likeness (QED) is 0.188. The van der Waals surface area contributed by atoms with Gasteiger partial charge in [-0.2, -0.15) is 0 Å². The van der Waals surface area contributed by atoms with E-state index < -0.39 is 11.5 Å². The van der Waals surface area contributed by atoms with Crippen molar-refractivity contribution in [2.45, 2.75) is 107 Å². The lowest BCUT2D eigenvalue weighted by molar-refractivity contribution is -0.127. The maximum Gasteiger partial charge on any atom is 0.162 e. The zero-order chi connectivity index (χ0) is 32.4. The summed E-state index contributed by atoms with van der Waals surface area (Å²) in [4.78, 5) is 12.9. The van der Waals surface area contributed by atoms with E-state index in [9.17, 15) is 15.0 Å². The average Bonchev–Trinajstić information content (AvgIpc) is 3.10. The van der Waals surface area contributed by atoms with Crippen LogP contribution in [-0.4, -0.2) is 28.2 Å². The first-order valence-corrected chi connectivity index (χ1v) is 15.7. The highest BCUT2D eigenvalue weighted by atomic mass is 16.3. The van der Waals surface area contributed by atoms with E-state index >= 15 is 0 Å². The van der Waals surface area contributed by atoms with Crippen LogP contribution in [0.5, 0.6) is 0 Å². The second kappa shape index (κ2) is 15.6. The summed E-state index contributed by atoms with van der Waals surface area (Å²) < 4.78 is 0. The molecule has 2 N–H and O–H groups in total. The minimum absolute atomic E-state index is 0.00528. The second-order valence-corrected chi connectivity index (χ2v) is 14.2. The van der Waals surface area contributed by atoms with Crippen LogP contribution in [0.2, 0.25) is 0 Å². The lowest BCUT2D eigenvalue weighted by Gasteiger charge is -2.35. The van der Waals surface area contributed by atoms with Crippen molar-refractivity contribution in [1.82, 2.24) is 0 Å². The molecule has 0 aromatic carbocycles. The Hall–Kier alpha value is -3.01. The van der Waals surface area contributed by atoms with Gasteiger partial charge >= 0.3 is 0 Å². The predicted molar refractivity (Wildman–Crippen MR) is 185 cm³/mol. The third kappa shape index (κ3) is 10.9. The van der Waals surface area contributed by atoms with E-state index in [1.54, 1.807) is 6.08 Å². The molecule has 0 aliphatic heterocycles. The topological polar surface area (TPSA) is 57.5 Å². The van der Waals surface area contributed by atoms with Gasteiger partial charge in [0.2, 0.25) is 0 Å². The Morgan fingerprint density at radius 2 is 1.14 bits per heavy atom. The molecule has 0 unspecified atom stereocenters. The summed E-state index contributed by atoms with van der Waals surface area (Å²) in [6.45, 7) is 20.9. The molecule has 0 radical (unpaired) electrons. The first-order valence-electron chi connectivity index (χ1n) is 15.7. The van der Waals surface area contributed by atoms with Gasteiger partial charge in [0.1, 0.15) is 0 Å². The van der Waals surface area contributed by atoms with Crippen LogP contribution in [-0.2, 0) is 4.79 Å². The summed E-state index contributed by atoms with van der Waals surface area (Å²) in [5.74, 6) is 0.0853. The van der Waals surface area contributed by atoms with Crippen molar-refractivity contribution in [3.8, 4) is 0 Å². The standard InChI is InChI=1S/C40H56O3/c1-29(17-13-19-31(3)21-23-36-33(5)25-34(41)26-38(36,6)7)15-11-12-16-30(2)18-14-20-32(4)22-24-37(43)40(10)28-35(42)27-39(40,8)9/h11-24,34-35,41-42H,25-28H2,1-10H3/b12-11+,17-13+,18-14+,23-21+,24-22+,29-15+,30-16+,31-19-,32-20+/t34-,35+,40+/m1/s1. The van der Waals surface area contributed by atoms with Gasteiger partial charge in [0.15, 0.2) is 5.78 Å². The third-order valence-electron chi connectivity index (χ3n) is 9.18. The van der Waals surface area contributed by atoms with Crippen molar-refractivity contribution >= 4 is 5.78 Å². The minimum Gasteiger partial charge on any atom is -0.393 e. The molecule has 0 spiro atoms. The lowest BCUT2D eigenvalue weighted by atomic mass is 9.66. The van der Waals surface area contributed by atoms with E-state index in [0.717, 1.165) is 29.6 Å². The fourth-order valence-electron chi connectivity index (χ4n) is 6.19. The van der Waals surface area contributed by atoms with Gasteiger partial charge < -0.3 is 10.2 Å². The van der Waals surface area contributed by atoms with E-state index in [1.165, 1.54) is 16.7 Å². The number of carbonyl (C=O) groups excluding carboxylic acids is 1. The van der Waals surface area contributed by atoms with Crippen molar-refractivity contribution in [2.24, 2.45) is 16.2 Å². The van der Waals surface area contributed by atoms with Crippen LogP contribution >= 0.6 is 0 Å². The molecule has 3 heteroatoms. The van der Waals surface area contributed by atoms with Gasteiger partial charge in [-0.3, -0.25) is 4.79 Å². The van der Waals surface area contributed by atoms with Gasteiger partial charge in [-0.1, -0.05) is 141 Å². The molecule has 0 bridgehead atoms. The normalized spacial score (nSPS) is 27.7. The highest BCUT2D eigenvalue weighted by Gasteiger charge is 2.52. The summed E-state index contributed by atoms with van der Waals surface area (Å²) in [6, 6.07) is 0. The van der Waals surface area contributed by atoms with Gasteiger partial charge in [0.25, 0.3) is 0 Å². The number of carbonyl (C=O) groups is 1. The summed E-state index contributed by atoms with van der Waals surface area (Å²) in [6.07, 6.45) is 30.6. The molecule has 1 fully saturated rings. The van der Waals surface area contributed by atoms with Crippen LogP contribution in [0, 0.1) is 16.2 Å². The van der Waals surface area contributed by atoms with E-state index in [4.69, 9.17) is 0 Å². The number of aliphatic hydroxyl groups is 2. The summed E-state index contributed by atoms with van der Waals surface area (Å²) in [7, 11) is 0. The van der Waals surface area contributed by atoms with Crippen molar-refractivity contribution in [3.05, 3.63) is 119 Å². The molecule has 0 saturated heterocycles. The predicted octanol–water partition coefficient (Wildman–Crippen LogP) is 9.81. The van der Waals surface area contributed by atoms with Gasteiger partial charge in [-0.15, -0.1) is 0 Å². The molecule has 43 heavy (non-hydrogen) atoms. The highest BCUT2D eigenvalue weighted by Crippen LogP contribution is 2.53. The first kappa shape index (κ1) is 36.2. The summed E-state index contributed by atoms with van der Waals surface area (Å²) >= 11 is 0. The zero-order valence-corrected chi connectivity index (χ0v) is 28.4. The van der Waals surface area contributed by atoms with E-state index in [1.807, 2.05) is 50.3 Å². The Bertz CT molecular complexity index is 1310. The summed E-state index contributed by atoms with van der Waals surface area (Å²) in [5.41, 5.74) is 6.34. The van der Waals surface area contributed by atoms with Gasteiger partial charge in [-0.25, -0.2) is 0 Å². The molecule has 2 rings (SSSR count). The number of rotatable bonds is 11. The smallest absolute Gasteiger partial charge is 0.162 e. The van der Waals surface area contributed by atoms with Gasteiger partial charge in [-0.05, 0) is 82.8 Å². The van der Waals surface area contributed by atoms with Crippen molar-refractivity contribution < 1.29 is 15.0 Å². The van der Waals surface area contributed by atoms with E-state index in [2.05, 4.69) is 97.9 Å².